The van der Waals surface area contributed by atoms with E-state index in [0.29, 0.717) is 17.1 Å². The third-order valence-corrected chi connectivity index (χ3v) is 5.10. The number of aliphatic imine (C=N–C) groups is 1. The van der Waals surface area contributed by atoms with Gasteiger partial charge in [0.15, 0.2) is 0 Å². The van der Waals surface area contributed by atoms with E-state index in [2.05, 4.69) is 25.9 Å². The molecular formula is C22H16BrN3O4. The van der Waals surface area contributed by atoms with Gasteiger partial charge in [0, 0.05) is 16.1 Å². The van der Waals surface area contributed by atoms with Gasteiger partial charge >= 0.3 is 5.69 Å². The summed E-state index contributed by atoms with van der Waals surface area (Å²) in [4.78, 5) is 31.4. The molecule has 0 aliphatic carbocycles. The van der Waals surface area contributed by atoms with Crippen molar-refractivity contribution in [1.82, 2.24) is 9.55 Å². The molecule has 0 saturated carbocycles. The Morgan fingerprint density at radius 2 is 1.87 bits per heavy atom. The number of aromatic nitrogens is 2. The van der Waals surface area contributed by atoms with Crippen LogP contribution in [0.4, 0.5) is 5.69 Å². The highest BCUT2D eigenvalue weighted by molar-refractivity contribution is 9.10. The quantitative estimate of drug-likeness (QED) is 0.446. The molecule has 0 bridgehead atoms. The molecule has 4 rings (SSSR count). The number of nitrogens with zero attached hydrogens (tertiary/aromatic N) is 2. The van der Waals surface area contributed by atoms with Gasteiger partial charge in [-0.05, 0) is 29.7 Å². The summed E-state index contributed by atoms with van der Waals surface area (Å²) in [6.45, 7) is 0. The second kappa shape index (κ2) is 8.00. The number of hydrogen-bond donors (Lipinski definition) is 2. The zero-order valence-corrected chi connectivity index (χ0v) is 17.4. The fourth-order valence-corrected chi connectivity index (χ4v) is 3.51. The monoisotopic (exact) mass is 465 g/mol. The van der Waals surface area contributed by atoms with Gasteiger partial charge in [-0.3, -0.25) is 14.8 Å². The summed E-state index contributed by atoms with van der Waals surface area (Å²) in [6.07, 6.45) is 1.21. The van der Waals surface area contributed by atoms with Gasteiger partial charge in [-0.2, -0.15) is 0 Å². The lowest BCUT2D eigenvalue weighted by atomic mass is 10.1. The van der Waals surface area contributed by atoms with E-state index in [9.17, 15) is 14.7 Å². The Labute approximate surface area is 179 Å². The van der Waals surface area contributed by atoms with Crippen molar-refractivity contribution in [2.24, 2.45) is 4.99 Å². The average molecular weight is 466 g/mol. The van der Waals surface area contributed by atoms with Crippen molar-refractivity contribution in [2.75, 3.05) is 7.11 Å². The van der Waals surface area contributed by atoms with Gasteiger partial charge in [-0.15, -0.1) is 0 Å². The molecule has 0 spiro atoms. The van der Waals surface area contributed by atoms with Crippen LogP contribution in [-0.2, 0) is 0 Å². The molecule has 0 amide bonds. The van der Waals surface area contributed by atoms with Gasteiger partial charge in [-0.1, -0.05) is 52.3 Å². The maximum absolute atomic E-state index is 12.5. The number of nitrogens with one attached hydrogen (secondary N) is 1. The number of H-pyrrole nitrogens is 1. The van der Waals surface area contributed by atoms with Gasteiger partial charge in [0.05, 0.1) is 12.8 Å². The number of hydrogen-bond acceptors (Lipinski definition) is 5. The lowest BCUT2D eigenvalue weighted by Crippen LogP contribution is -2.31. The van der Waals surface area contributed by atoms with Crippen LogP contribution in [-0.4, -0.2) is 28.0 Å². The molecule has 0 atom stereocenters. The highest BCUT2D eigenvalue weighted by Crippen LogP contribution is 2.31. The van der Waals surface area contributed by atoms with Crippen molar-refractivity contribution in [3.05, 3.63) is 91.5 Å². The first-order valence-corrected chi connectivity index (χ1v) is 9.73. The SMILES string of the molecule is COc1cc(Br)ccc1N=Cc1c(O)n(-c2cccc3ccccc23)c(=O)[nH]c1=O. The number of aromatic hydroxyl groups is 1. The Kier molecular flexibility index (Phi) is 5.24. The predicted octanol–water partition coefficient (Wildman–Crippen LogP) is 3.91. The number of halogens is 1. The maximum atomic E-state index is 12.5. The molecule has 150 valence electrons. The summed E-state index contributed by atoms with van der Waals surface area (Å²) in [6, 6.07) is 18.0. The van der Waals surface area contributed by atoms with Crippen molar-refractivity contribution >= 4 is 38.6 Å². The minimum absolute atomic E-state index is 0.146. The lowest BCUT2D eigenvalue weighted by molar-refractivity contribution is 0.416. The van der Waals surface area contributed by atoms with Crippen molar-refractivity contribution in [2.45, 2.75) is 0 Å². The number of ether oxygens (including phenoxy) is 1. The van der Waals surface area contributed by atoms with E-state index in [0.717, 1.165) is 19.8 Å². The Morgan fingerprint density at radius 3 is 2.67 bits per heavy atom. The average Bonchev–Trinajstić information content (AvgIpc) is 2.74. The van der Waals surface area contributed by atoms with E-state index < -0.39 is 17.1 Å². The predicted molar refractivity (Wildman–Crippen MR) is 120 cm³/mol. The fourth-order valence-electron chi connectivity index (χ4n) is 3.17. The molecule has 0 aliphatic rings. The van der Waals surface area contributed by atoms with Gasteiger partial charge < -0.3 is 9.84 Å². The highest BCUT2D eigenvalue weighted by atomic mass is 79.9. The summed E-state index contributed by atoms with van der Waals surface area (Å²) in [5, 5.41) is 12.5. The zero-order chi connectivity index (χ0) is 21.3. The Balaban J connectivity index is 1.90. The molecule has 7 nitrogen and oxygen atoms in total. The van der Waals surface area contributed by atoms with E-state index in [1.807, 2.05) is 30.3 Å². The number of fused-ring (bicyclic) bond motifs is 1. The van der Waals surface area contributed by atoms with Crippen LogP contribution in [0.1, 0.15) is 5.56 Å². The van der Waals surface area contributed by atoms with Crippen LogP contribution in [0.5, 0.6) is 11.6 Å². The third kappa shape index (κ3) is 3.53. The summed E-state index contributed by atoms with van der Waals surface area (Å²) in [7, 11) is 1.51. The molecule has 0 radical (unpaired) electrons. The second-order valence-electron chi connectivity index (χ2n) is 6.40. The molecule has 0 saturated heterocycles. The van der Waals surface area contributed by atoms with Crippen molar-refractivity contribution in [1.29, 1.82) is 0 Å². The van der Waals surface area contributed by atoms with E-state index in [4.69, 9.17) is 4.74 Å². The van der Waals surface area contributed by atoms with Crippen LogP contribution in [0.15, 0.2) is 79.7 Å². The molecule has 2 N–H and O–H groups in total. The smallest absolute Gasteiger partial charge is 0.335 e. The van der Waals surface area contributed by atoms with Crippen molar-refractivity contribution in [3.8, 4) is 17.3 Å². The van der Waals surface area contributed by atoms with Gasteiger partial charge in [0.2, 0.25) is 5.88 Å². The molecule has 30 heavy (non-hydrogen) atoms. The number of methoxy groups -OCH3 is 1. The van der Waals surface area contributed by atoms with Crippen LogP contribution in [0.25, 0.3) is 16.5 Å². The largest absolute Gasteiger partial charge is 0.494 e. The van der Waals surface area contributed by atoms with E-state index in [-0.39, 0.29) is 5.56 Å². The first kappa shape index (κ1) is 19.7. The van der Waals surface area contributed by atoms with Gasteiger partial charge in [-0.25, -0.2) is 9.36 Å². The van der Waals surface area contributed by atoms with Crippen molar-refractivity contribution < 1.29 is 9.84 Å². The van der Waals surface area contributed by atoms with Crippen LogP contribution in [0, 0.1) is 0 Å². The molecule has 0 fully saturated rings. The molecular weight excluding hydrogens is 450 g/mol. The maximum Gasteiger partial charge on any atom is 0.335 e. The summed E-state index contributed by atoms with van der Waals surface area (Å²) in [5.41, 5.74) is -0.723. The van der Waals surface area contributed by atoms with Crippen LogP contribution in [0.3, 0.4) is 0 Å². The molecule has 3 aromatic carbocycles. The van der Waals surface area contributed by atoms with E-state index >= 15 is 0 Å². The van der Waals surface area contributed by atoms with Crippen LogP contribution < -0.4 is 16.0 Å². The molecule has 4 aromatic rings. The molecule has 1 aromatic heterocycles. The Bertz CT molecular complexity index is 1400. The zero-order valence-electron chi connectivity index (χ0n) is 15.8. The third-order valence-electron chi connectivity index (χ3n) is 4.60. The first-order valence-electron chi connectivity index (χ1n) is 8.93. The molecule has 0 unspecified atom stereocenters. The topological polar surface area (TPSA) is 96.7 Å². The number of rotatable bonds is 4. The molecule has 0 aliphatic heterocycles. The van der Waals surface area contributed by atoms with Crippen molar-refractivity contribution in [3.63, 3.8) is 0 Å². The molecule has 8 heteroatoms. The fraction of sp³-hybridized carbons (Fsp3) is 0.0455. The lowest BCUT2D eigenvalue weighted by Gasteiger charge is -2.12. The summed E-state index contributed by atoms with van der Waals surface area (Å²) < 4.78 is 7.16. The number of benzene rings is 3. The molecule has 1 heterocycles. The Morgan fingerprint density at radius 1 is 1.10 bits per heavy atom. The first-order chi connectivity index (χ1) is 14.5. The Hall–Kier alpha value is -3.65. The highest BCUT2D eigenvalue weighted by Gasteiger charge is 2.16. The second-order valence-corrected chi connectivity index (χ2v) is 7.32. The normalized spacial score (nSPS) is 11.3. The van der Waals surface area contributed by atoms with Crippen LogP contribution in [0.2, 0.25) is 0 Å². The van der Waals surface area contributed by atoms with E-state index in [1.54, 1.807) is 30.3 Å². The van der Waals surface area contributed by atoms with E-state index in [1.165, 1.54) is 13.3 Å². The standard InChI is InChI=1S/C22H16BrN3O4/c1-30-19-11-14(23)9-10-17(19)24-12-16-20(27)25-22(29)26(21(16)28)18-8-4-6-13-5-2-3-7-15(13)18/h2-12,28H,1H3,(H,25,27,29). The summed E-state index contributed by atoms with van der Waals surface area (Å²) >= 11 is 3.35. The van der Waals surface area contributed by atoms with Crippen LogP contribution >= 0.6 is 15.9 Å². The number of aromatic amines is 1. The van der Waals surface area contributed by atoms with Gasteiger partial charge in [0.1, 0.15) is 17.0 Å². The minimum atomic E-state index is -0.743. The minimum Gasteiger partial charge on any atom is -0.494 e. The van der Waals surface area contributed by atoms with Gasteiger partial charge in [0.25, 0.3) is 5.56 Å². The summed E-state index contributed by atoms with van der Waals surface area (Å²) in [5.74, 6) is -0.0150.